The maximum absolute atomic E-state index is 12.9. The molecule has 1 unspecified atom stereocenters. The van der Waals surface area contributed by atoms with Crippen LogP contribution >= 0.6 is 0 Å². The number of hydrogen-bond donors (Lipinski definition) is 2. The van der Waals surface area contributed by atoms with Crippen LogP contribution in [0.4, 0.5) is 0 Å². The summed E-state index contributed by atoms with van der Waals surface area (Å²) in [5.74, 6) is 0.444. The molecule has 1 atom stereocenters. The van der Waals surface area contributed by atoms with E-state index < -0.39 is 5.91 Å². The van der Waals surface area contributed by atoms with Crippen molar-refractivity contribution in [3.63, 3.8) is 0 Å². The molecule has 28 heavy (non-hydrogen) atoms. The lowest BCUT2D eigenvalue weighted by atomic mass is 9.96. The number of amides is 3. The van der Waals surface area contributed by atoms with Crippen LogP contribution in [0.3, 0.4) is 0 Å². The molecule has 8 nitrogen and oxygen atoms in total. The SMILES string of the molecule is COc1cc(C(=O)N2CCCC(C(=O)NCC3CC3)C2)ccc1OCC(N)=O. The van der Waals surface area contributed by atoms with Gasteiger partial charge in [-0.05, 0) is 49.8 Å². The van der Waals surface area contributed by atoms with Crippen molar-refractivity contribution in [2.24, 2.45) is 17.6 Å². The number of nitrogens with two attached hydrogens (primary N) is 1. The van der Waals surface area contributed by atoms with Crippen LogP contribution in [0.5, 0.6) is 11.5 Å². The lowest BCUT2D eigenvalue weighted by Crippen LogP contribution is -2.45. The highest BCUT2D eigenvalue weighted by molar-refractivity contribution is 5.95. The van der Waals surface area contributed by atoms with Crippen LogP contribution in [0.15, 0.2) is 18.2 Å². The molecule has 0 aromatic heterocycles. The second-order valence-electron chi connectivity index (χ2n) is 7.40. The summed E-state index contributed by atoms with van der Waals surface area (Å²) < 4.78 is 10.6. The number of rotatable bonds is 8. The summed E-state index contributed by atoms with van der Waals surface area (Å²) in [5, 5.41) is 3.01. The van der Waals surface area contributed by atoms with Gasteiger partial charge in [0.2, 0.25) is 5.91 Å². The monoisotopic (exact) mass is 389 g/mol. The second-order valence-corrected chi connectivity index (χ2v) is 7.40. The Labute approximate surface area is 164 Å². The third kappa shape index (κ3) is 5.15. The van der Waals surface area contributed by atoms with Gasteiger partial charge in [-0.1, -0.05) is 0 Å². The van der Waals surface area contributed by atoms with Crippen LogP contribution in [-0.4, -0.2) is 56.0 Å². The molecule has 1 aromatic carbocycles. The minimum atomic E-state index is -0.596. The number of likely N-dealkylation sites (tertiary alicyclic amines) is 1. The van der Waals surface area contributed by atoms with Gasteiger partial charge in [0.1, 0.15) is 0 Å². The van der Waals surface area contributed by atoms with E-state index in [0.29, 0.717) is 36.1 Å². The van der Waals surface area contributed by atoms with Crippen LogP contribution in [0.1, 0.15) is 36.0 Å². The molecule has 0 spiro atoms. The van der Waals surface area contributed by atoms with Gasteiger partial charge in [0.25, 0.3) is 11.8 Å². The average Bonchev–Trinajstić information content (AvgIpc) is 3.54. The predicted molar refractivity (Wildman–Crippen MR) is 102 cm³/mol. The maximum atomic E-state index is 12.9. The van der Waals surface area contributed by atoms with Gasteiger partial charge in [-0.3, -0.25) is 14.4 Å². The van der Waals surface area contributed by atoms with E-state index in [1.807, 2.05) is 0 Å². The topological polar surface area (TPSA) is 111 Å². The first kappa shape index (κ1) is 20.0. The molecule has 1 saturated heterocycles. The summed E-state index contributed by atoms with van der Waals surface area (Å²) in [6.07, 6.45) is 3.97. The van der Waals surface area contributed by atoms with Gasteiger partial charge in [-0.2, -0.15) is 0 Å². The first-order valence-corrected chi connectivity index (χ1v) is 9.64. The van der Waals surface area contributed by atoms with E-state index in [1.165, 1.54) is 20.0 Å². The number of nitrogens with zero attached hydrogens (tertiary/aromatic N) is 1. The van der Waals surface area contributed by atoms with E-state index in [1.54, 1.807) is 23.1 Å². The molecule has 1 aromatic rings. The van der Waals surface area contributed by atoms with Gasteiger partial charge in [-0.25, -0.2) is 0 Å². The van der Waals surface area contributed by atoms with Crippen LogP contribution in [-0.2, 0) is 9.59 Å². The third-order valence-electron chi connectivity index (χ3n) is 5.12. The molecule has 8 heteroatoms. The predicted octanol–water partition coefficient (Wildman–Crippen LogP) is 0.938. The lowest BCUT2D eigenvalue weighted by molar-refractivity contribution is -0.126. The Bertz CT molecular complexity index is 747. The van der Waals surface area contributed by atoms with Gasteiger partial charge in [0.05, 0.1) is 13.0 Å². The van der Waals surface area contributed by atoms with Crippen molar-refractivity contribution in [2.75, 3.05) is 33.4 Å². The molecule has 0 bridgehead atoms. The Morgan fingerprint density at radius 3 is 2.68 bits per heavy atom. The molecule has 1 saturated carbocycles. The highest BCUT2D eigenvalue weighted by Gasteiger charge is 2.30. The number of methoxy groups -OCH3 is 1. The van der Waals surface area contributed by atoms with Gasteiger partial charge >= 0.3 is 0 Å². The van der Waals surface area contributed by atoms with E-state index in [4.69, 9.17) is 15.2 Å². The van der Waals surface area contributed by atoms with Gasteiger partial charge < -0.3 is 25.4 Å². The van der Waals surface area contributed by atoms with E-state index >= 15 is 0 Å². The highest BCUT2D eigenvalue weighted by Crippen LogP contribution is 2.30. The Morgan fingerprint density at radius 1 is 1.21 bits per heavy atom. The molecule has 0 radical (unpaired) electrons. The van der Waals surface area contributed by atoms with Crippen molar-refractivity contribution in [1.29, 1.82) is 0 Å². The fraction of sp³-hybridized carbons (Fsp3) is 0.550. The first-order valence-electron chi connectivity index (χ1n) is 9.64. The Kier molecular flexibility index (Phi) is 6.38. The molecular formula is C20H27N3O5. The van der Waals surface area contributed by atoms with Gasteiger partial charge in [-0.15, -0.1) is 0 Å². The molecule has 3 N–H and O–H groups in total. The number of carbonyl (C=O) groups is 3. The van der Waals surface area contributed by atoms with E-state index in [-0.39, 0.29) is 24.3 Å². The lowest BCUT2D eigenvalue weighted by Gasteiger charge is -2.32. The first-order chi connectivity index (χ1) is 13.5. The number of hydrogen-bond acceptors (Lipinski definition) is 5. The standard InChI is InChI=1S/C20H27N3O5/c1-27-17-9-14(6-7-16(17)28-12-18(21)24)20(26)23-8-2-3-15(11-23)19(25)22-10-13-4-5-13/h6-7,9,13,15H,2-5,8,10-12H2,1H3,(H2,21,24)(H,22,25). The van der Waals surface area contributed by atoms with Crippen molar-refractivity contribution < 1.29 is 23.9 Å². The largest absolute Gasteiger partial charge is 0.493 e. The molecule has 2 aliphatic rings. The zero-order chi connectivity index (χ0) is 20.1. The fourth-order valence-electron chi connectivity index (χ4n) is 3.34. The average molecular weight is 389 g/mol. The number of benzene rings is 1. The normalized spacial score (nSPS) is 19.0. The quantitative estimate of drug-likeness (QED) is 0.687. The van der Waals surface area contributed by atoms with Crippen molar-refractivity contribution in [1.82, 2.24) is 10.2 Å². The molecule has 1 aliphatic heterocycles. The molecular weight excluding hydrogens is 362 g/mol. The molecule has 2 fully saturated rings. The van der Waals surface area contributed by atoms with Crippen molar-refractivity contribution in [3.05, 3.63) is 23.8 Å². The summed E-state index contributed by atoms with van der Waals surface area (Å²) in [7, 11) is 1.46. The number of ether oxygens (including phenoxy) is 2. The van der Waals surface area contributed by atoms with Crippen molar-refractivity contribution in [3.8, 4) is 11.5 Å². The molecule has 3 rings (SSSR count). The minimum Gasteiger partial charge on any atom is -0.493 e. The smallest absolute Gasteiger partial charge is 0.255 e. The molecule has 152 valence electrons. The second kappa shape index (κ2) is 8.95. The maximum Gasteiger partial charge on any atom is 0.255 e. The van der Waals surface area contributed by atoms with E-state index in [0.717, 1.165) is 19.4 Å². The Balaban J connectivity index is 1.63. The van der Waals surface area contributed by atoms with Gasteiger partial charge in [0.15, 0.2) is 18.1 Å². The van der Waals surface area contributed by atoms with E-state index in [9.17, 15) is 14.4 Å². The van der Waals surface area contributed by atoms with Crippen LogP contribution in [0.2, 0.25) is 0 Å². The van der Waals surface area contributed by atoms with Crippen LogP contribution in [0, 0.1) is 11.8 Å². The van der Waals surface area contributed by atoms with Crippen molar-refractivity contribution >= 4 is 17.7 Å². The summed E-state index contributed by atoms with van der Waals surface area (Å²) in [6, 6.07) is 4.78. The Morgan fingerprint density at radius 2 is 2.00 bits per heavy atom. The van der Waals surface area contributed by atoms with E-state index in [2.05, 4.69) is 5.32 Å². The van der Waals surface area contributed by atoms with Crippen LogP contribution < -0.4 is 20.5 Å². The number of piperidine rings is 1. The summed E-state index contributed by atoms with van der Waals surface area (Å²) in [5.41, 5.74) is 5.53. The molecule has 3 amide bonds. The highest BCUT2D eigenvalue weighted by atomic mass is 16.5. The number of nitrogens with one attached hydrogen (secondary N) is 1. The zero-order valence-corrected chi connectivity index (χ0v) is 16.1. The number of primary amides is 1. The van der Waals surface area contributed by atoms with Gasteiger partial charge in [0, 0.05) is 25.2 Å². The summed E-state index contributed by atoms with van der Waals surface area (Å²) >= 11 is 0. The summed E-state index contributed by atoms with van der Waals surface area (Å²) in [6.45, 7) is 1.51. The van der Waals surface area contributed by atoms with Crippen molar-refractivity contribution in [2.45, 2.75) is 25.7 Å². The Hall–Kier alpha value is -2.77. The molecule has 1 aliphatic carbocycles. The third-order valence-corrected chi connectivity index (χ3v) is 5.12. The minimum absolute atomic E-state index is 0.0391. The van der Waals surface area contributed by atoms with Crippen LogP contribution in [0.25, 0.3) is 0 Å². The molecule has 1 heterocycles. The number of carbonyl (C=O) groups excluding carboxylic acids is 3. The summed E-state index contributed by atoms with van der Waals surface area (Å²) in [4.78, 5) is 37.9. The fourth-order valence-corrected chi connectivity index (χ4v) is 3.34. The zero-order valence-electron chi connectivity index (χ0n) is 16.1.